The quantitative estimate of drug-likeness (QED) is 0.468. The first-order valence-electron chi connectivity index (χ1n) is 11.5. The first kappa shape index (κ1) is 20.7. The molecule has 3 fully saturated rings. The van der Waals surface area contributed by atoms with E-state index in [4.69, 9.17) is 4.98 Å². The molecule has 2 atom stereocenters. The predicted molar refractivity (Wildman–Crippen MR) is 125 cm³/mol. The van der Waals surface area contributed by atoms with Crippen LogP contribution < -0.4 is 4.90 Å². The van der Waals surface area contributed by atoms with Gasteiger partial charge in [0, 0.05) is 36.8 Å². The van der Waals surface area contributed by atoms with Crippen molar-refractivity contribution in [2.45, 2.75) is 38.3 Å². The monoisotopic (exact) mass is 457 g/mol. The molecule has 1 amide bonds. The lowest BCUT2D eigenvalue weighted by Crippen LogP contribution is -2.50. The minimum absolute atomic E-state index is 0.00227. The Hall–Kier alpha value is -3.88. The third-order valence-electron chi connectivity index (χ3n) is 6.89. The van der Waals surface area contributed by atoms with Gasteiger partial charge in [-0.15, -0.1) is 0 Å². The molecule has 4 aromatic rings. The lowest BCUT2D eigenvalue weighted by molar-refractivity contribution is 0.0612. The fraction of sp³-hybridized carbons (Fsp3) is 0.320. The molecule has 0 saturated carbocycles. The van der Waals surface area contributed by atoms with Crippen LogP contribution in [-0.4, -0.2) is 60.9 Å². The zero-order chi connectivity index (χ0) is 23.2. The van der Waals surface area contributed by atoms with Crippen molar-refractivity contribution < 1.29 is 9.18 Å². The third-order valence-corrected chi connectivity index (χ3v) is 6.89. The summed E-state index contributed by atoms with van der Waals surface area (Å²) in [6.45, 7) is 3.36. The number of carbonyl (C=O) groups is 1. The number of amides is 1. The normalized spacial score (nSPS) is 20.1. The molecule has 3 aliphatic heterocycles. The van der Waals surface area contributed by atoms with Crippen molar-refractivity contribution in [3.05, 3.63) is 71.9 Å². The molecule has 2 bridgehead atoms. The van der Waals surface area contributed by atoms with Gasteiger partial charge in [-0.2, -0.15) is 15.0 Å². The molecule has 8 nitrogen and oxygen atoms in total. The number of piperidine rings is 1. The molecule has 7 rings (SSSR count). The van der Waals surface area contributed by atoms with Crippen LogP contribution >= 0.6 is 0 Å². The number of aromatic nitrogens is 5. The summed E-state index contributed by atoms with van der Waals surface area (Å²) in [5.74, 6) is 0.339. The Morgan fingerprint density at radius 2 is 1.85 bits per heavy atom. The molecule has 0 unspecified atom stereocenters. The number of benzene rings is 2. The smallest absolute Gasteiger partial charge is 0.256 e. The van der Waals surface area contributed by atoms with Crippen LogP contribution in [0.1, 0.15) is 35.2 Å². The van der Waals surface area contributed by atoms with Crippen molar-refractivity contribution in [3.8, 4) is 5.69 Å². The van der Waals surface area contributed by atoms with E-state index in [1.807, 2.05) is 30.0 Å². The lowest BCUT2D eigenvalue weighted by Gasteiger charge is -2.38. The molecule has 34 heavy (non-hydrogen) atoms. The summed E-state index contributed by atoms with van der Waals surface area (Å²) < 4.78 is 13.6. The number of anilines is 1. The van der Waals surface area contributed by atoms with Crippen molar-refractivity contribution in [1.29, 1.82) is 0 Å². The minimum atomic E-state index is -0.299. The number of carbonyl (C=O) groups excluding carboxylic acids is 1. The maximum absolute atomic E-state index is 13.8. The average molecular weight is 458 g/mol. The standard InChI is InChI=1S/C25H24FN7O/c1-16-2-7-23(33-28-9-10-29-33)21(12-16)24(34)32-15-20-5-4-19(32)8-11-31(20)25-27-14-17-13-18(26)3-6-22(17)30-25/h2-3,6-7,9-10,12-14,19-20H,4-5,8,11,15H2,1H3/t19-,20+/m0/s1. The second kappa shape index (κ2) is 8.16. The Kier molecular flexibility index (Phi) is 4.97. The topological polar surface area (TPSA) is 80.0 Å². The van der Waals surface area contributed by atoms with Crippen molar-refractivity contribution >= 4 is 22.8 Å². The fourth-order valence-electron chi connectivity index (χ4n) is 5.17. The van der Waals surface area contributed by atoms with Crippen molar-refractivity contribution in [2.75, 3.05) is 18.0 Å². The van der Waals surface area contributed by atoms with Crippen LogP contribution in [0.3, 0.4) is 0 Å². The zero-order valence-corrected chi connectivity index (χ0v) is 18.8. The van der Waals surface area contributed by atoms with Crippen LogP contribution in [0, 0.1) is 12.7 Å². The molecule has 3 aliphatic rings. The molecule has 3 saturated heterocycles. The van der Waals surface area contributed by atoms with Crippen LogP contribution in [0.25, 0.3) is 16.6 Å². The second-order valence-corrected chi connectivity index (χ2v) is 9.04. The van der Waals surface area contributed by atoms with Crippen LogP contribution in [0.2, 0.25) is 0 Å². The van der Waals surface area contributed by atoms with Crippen LogP contribution in [0.4, 0.5) is 10.3 Å². The number of aryl methyl sites for hydroxylation is 1. The molecule has 172 valence electrons. The summed E-state index contributed by atoms with van der Waals surface area (Å²) in [6, 6.07) is 10.6. The zero-order valence-electron chi connectivity index (χ0n) is 18.8. The Morgan fingerprint density at radius 1 is 1.03 bits per heavy atom. The van der Waals surface area contributed by atoms with E-state index in [1.165, 1.54) is 16.9 Å². The largest absolute Gasteiger partial charge is 0.336 e. The third kappa shape index (κ3) is 3.57. The van der Waals surface area contributed by atoms with Crippen LogP contribution in [0.5, 0.6) is 0 Å². The second-order valence-electron chi connectivity index (χ2n) is 9.04. The van der Waals surface area contributed by atoms with Gasteiger partial charge in [-0.3, -0.25) is 4.79 Å². The van der Waals surface area contributed by atoms with Crippen molar-refractivity contribution in [2.24, 2.45) is 0 Å². The van der Waals surface area contributed by atoms with Gasteiger partial charge in [-0.25, -0.2) is 14.4 Å². The Labute approximate surface area is 196 Å². The highest BCUT2D eigenvalue weighted by Crippen LogP contribution is 2.32. The highest BCUT2D eigenvalue weighted by Gasteiger charge is 2.39. The summed E-state index contributed by atoms with van der Waals surface area (Å²) in [7, 11) is 0. The van der Waals surface area contributed by atoms with E-state index in [0.29, 0.717) is 34.6 Å². The van der Waals surface area contributed by atoms with Gasteiger partial charge in [-0.1, -0.05) is 11.6 Å². The number of rotatable bonds is 3. The van der Waals surface area contributed by atoms with Crippen molar-refractivity contribution in [3.63, 3.8) is 0 Å². The molecule has 0 aliphatic carbocycles. The van der Waals surface area contributed by atoms with E-state index >= 15 is 0 Å². The van der Waals surface area contributed by atoms with Gasteiger partial charge < -0.3 is 9.80 Å². The number of fused-ring (bicyclic) bond motifs is 5. The number of hydrogen-bond acceptors (Lipinski definition) is 6. The van der Waals surface area contributed by atoms with E-state index in [-0.39, 0.29) is 23.8 Å². The van der Waals surface area contributed by atoms with Gasteiger partial charge in [0.15, 0.2) is 0 Å². The average Bonchev–Trinajstić information content (AvgIpc) is 3.23. The first-order valence-corrected chi connectivity index (χ1v) is 11.5. The summed E-state index contributed by atoms with van der Waals surface area (Å²) in [5, 5.41) is 9.16. The maximum Gasteiger partial charge on any atom is 0.256 e. The molecule has 2 aromatic heterocycles. The summed E-state index contributed by atoms with van der Waals surface area (Å²) in [4.78, 5) is 28.8. The summed E-state index contributed by atoms with van der Waals surface area (Å²) in [5.41, 5.74) is 3.03. The summed E-state index contributed by atoms with van der Waals surface area (Å²) in [6.07, 6.45) is 7.65. The molecule has 9 heteroatoms. The molecule has 0 spiro atoms. The maximum atomic E-state index is 13.8. The highest BCUT2D eigenvalue weighted by molar-refractivity contribution is 5.98. The van der Waals surface area contributed by atoms with E-state index < -0.39 is 0 Å². The Bertz CT molecular complexity index is 1370. The van der Waals surface area contributed by atoms with Gasteiger partial charge in [0.05, 0.1) is 29.2 Å². The Balaban J connectivity index is 1.31. The molecule has 0 N–H and O–H groups in total. The van der Waals surface area contributed by atoms with E-state index in [0.717, 1.165) is 31.4 Å². The Morgan fingerprint density at radius 3 is 2.71 bits per heavy atom. The number of hydrogen-bond donors (Lipinski definition) is 0. The SMILES string of the molecule is Cc1ccc(-n2nccn2)c(C(=O)N2C[C@H]3CC[C@H]2CCN3c2ncc3cc(F)ccc3n2)c1. The molecule has 0 radical (unpaired) electrons. The lowest BCUT2D eigenvalue weighted by atomic mass is 9.97. The van der Waals surface area contributed by atoms with Crippen molar-refractivity contribution in [1.82, 2.24) is 29.9 Å². The van der Waals surface area contributed by atoms with Gasteiger partial charge in [0.1, 0.15) is 5.82 Å². The number of halogens is 1. The van der Waals surface area contributed by atoms with Crippen LogP contribution in [0.15, 0.2) is 55.0 Å². The molecule has 2 aromatic carbocycles. The highest BCUT2D eigenvalue weighted by atomic mass is 19.1. The van der Waals surface area contributed by atoms with Gasteiger partial charge >= 0.3 is 0 Å². The van der Waals surface area contributed by atoms with Gasteiger partial charge in [-0.05, 0) is 56.5 Å². The molecular weight excluding hydrogens is 433 g/mol. The van der Waals surface area contributed by atoms with E-state index in [1.54, 1.807) is 24.7 Å². The van der Waals surface area contributed by atoms with E-state index in [9.17, 15) is 9.18 Å². The van der Waals surface area contributed by atoms with Gasteiger partial charge in [0.2, 0.25) is 5.95 Å². The number of nitrogens with zero attached hydrogens (tertiary/aromatic N) is 7. The fourth-order valence-corrected chi connectivity index (χ4v) is 5.17. The predicted octanol–water partition coefficient (Wildman–Crippen LogP) is 3.54. The molecule has 5 heterocycles. The molecular formula is C25H24FN7O. The summed E-state index contributed by atoms with van der Waals surface area (Å²) >= 11 is 0. The van der Waals surface area contributed by atoms with Gasteiger partial charge in [0.25, 0.3) is 5.91 Å². The van der Waals surface area contributed by atoms with E-state index in [2.05, 4.69) is 20.1 Å². The minimum Gasteiger partial charge on any atom is -0.336 e. The van der Waals surface area contributed by atoms with Crippen LogP contribution in [-0.2, 0) is 0 Å². The first-order chi connectivity index (χ1) is 16.6.